The maximum Gasteiger partial charge on any atom is 0.410 e. The van der Waals surface area contributed by atoms with E-state index < -0.39 is 60.0 Å². The van der Waals surface area contributed by atoms with Crippen LogP contribution < -0.4 is 0 Å². The molecule has 0 radical (unpaired) electrons. The third-order valence-electron chi connectivity index (χ3n) is 7.69. The summed E-state index contributed by atoms with van der Waals surface area (Å²) in [6.07, 6.45) is -12.9. The number of carboxylic acid groups (broad SMARTS) is 1. The molecular weight excluding hydrogens is 552 g/mol. The van der Waals surface area contributed by atoms with E-state index in [1.54, 1.807) is 20.8 Å². The predicted octanol–water partition coefficient (Wildman–Crippen LogP) is 4.49. The molecule has 10 nitrogen and oxygen atoms in total. The molecule has 1 spiro atoms. The lowest BCUT2D eigenvalue weighted by molar-refractivity contribution is -0.297. The number of amides is 3. The number of carbonyl (C=O) groups excluding carboxylic acids is 2. The van der Waals surface area contributed by atoms with Crippen molar-refractivity contribution < 1.29 is 50.6 Å². The van der Waals surface area contributed by atoms with Crippen molar-refractivity contribution in [3.05, 3.63) is 17.7 Å². The number of hydrogen-bond acceptors (Lipinski definition) is 5. The second-order valence-electron chi connectivity index (χ2n) is 11.5. The Hall–Kier alpha value is -3.20. The highest BCUT2D eigenvalue weighted by Crippen LogP contribution is 2.52. The van der Waals surface area contributed by atoms with Crippen molar-refractivity contribution in [2.45, 2.75) is 89.1 Å². The van der Waals surface area contributed by atoms with Gasteiger partial charge in [-0.2, -0.15) is 26.3 Å². The summed E-state index contributed by atoms with van der Waals surface area (Å²) in [7, 11) is 0. The molecule has 3 amide bonds. The second kappa shape index (κ2) is 10.0. The predicted molar refractivity (Wildman–Crippen MR) is 125 cm³/mol. The minimum Gasteiger partial charge on any atom is -0.465 e. The van der Waals surface area contributed by atoms with Crippen LogP contribution in [0.3, 0.4) is 0 Å². The summed E-state index contributed by atoms with van der Waals surface area (Å²) < 4.78 is 89.9. The van der Waals surface area contributed by atoms with E-state index >= 15 is 0 Å². The van der Waals surface area contributed by atoms with Gasteiger partial charge >= 0.3 is 24.5 Å². The second-order valence-corrected chi connectivity index (χ2v) is 11.5. The zero-order valence-electron chi connectivity index (χ0n) is 22.2. The number of piperidine rings is 1. The quantitative estimate of drug-likeness (QED) is 0.514. The summed E-state index contributed by atoms with van der Waals surface area (Å²) in [6, 6.07) is -2.24. The highest BCUT2D eigenvalue weighted by molar-refractivity contribution is 5.93. The molecule has 224 valence electrons. The van der Waals surface area contributed by atoms with Crippen LogP contribution in [0.25, 0.3) is 0 Å². The lowest BCUT2D eigenvalue weighted by Crippen LogP contribution is -2.60. The van der Waals surface area contributed by atoms with Crippen LogP contribution in [0.1, 0.15) is 62.8 Å². The van der Waals surface area contributed by atoms with Crippen molar-refractivity contribution in [1.29, 1.82) is 0 Å². The molecule has 2 saturated heterocycles. The molecule has 3 aliphatic heterocycles. The van der Waals surface area contributed by atoms with E-state index in [0.29, 0.717) is 4.90 Å². The van der Waals surface area contributed by atoms with Crippen molar-refractivity contribution in [3.8, 4) is 0 Å². The molecule has 1 aromatic rings. The molecule has 4 heterocycles. The molecule has 40 heavy (non-hydrogen) atoms. The van der Waals surface area contributed by atoms with Crippen molar-refractivity contribution in [3.63, 3.8) is 0 Å². The summed E-state index contributed by atoms with van der Waals surface area (Å²) in [5.41, 5.74) is -2.50. The fourth-order valence-corrected chi connectivity index (χ4v) is 5.89. The van der Waals surface area contributed by atoms with E-state index in [4.69, 9.17) is 4.74 Å². The van der Waals surface area contributed by atoms with Crippen LogP contribution >= 0.6 is 0 Å². The Morgan fingerprint density at radius 2 is 1.57 bits per heavy atom. The fourth-order valence-electron chi connectivity index (χ4n) is 5.89. The summed E-state index contributed by atoms with van der Waals surface area (Å²) in [5, 5.41) is 9.29. The molecule has 1 N–H and O–H groups in total. The van der Waals surface area contributed by atoms with Gasteiger partial charge in [-0.25, -0.2) is 14.6 Å². The third kappa shape index (κ3) is 5.80. The highest BCUT2D eigenvalue weighted by atomic mass is 19.4. The topological polar surface area (TPSA) is 108 Å². The monoisotopic (exact) mass is 583 g/mol. The first kappa shape index (κ1) is 29.8. The van der Waals surface area contributed by atoms with Gasteiger partial charge in [-0.3, -0.25) is 9.69 Å². The Morgan fingerprint density at radius 3 is 2.10 bits per heavy atom. The molecule has 0 aliphatic carbocycles. The van der Waals surface area contributed by atoms with Crippen molar-refractivity contribution in [2.24, 2.45) is 5.92 Å². The van der Waals surface area contributed by atoms with Crippen molar-refractivity contribution in [1.82, 2.24) is 24.3 Å². The van der Waals surface area contributed by atoms with Gasteiger partial charge in [-0.1, -0.05) is 0 Å². The minimum atomic E-state index is -5.67. The van der Waals surface area contributed by atoms with Gasteiger partial charge in [-0.15, -0.1) is 0 Å². The Balaban J connectivity index is 1.67. The van der Waals surface area contributed by atoms with Crippen LogP contribution in [0.5, 0.6) is 0 Å². The molecule has 3 aliphatic rings. The molecule has 0 saturated carbocycles. The van der Waals surface area contributed by atoms with Crippen LogP contribution in [0.15, 0.2) is 6.20 Å². The Morgan fingerprint density at radius 1 is 0.975 bits per heavy atom. The summed E-state index contributed by atoms with van der Waals surface area (Å²) in [4.78, 5) is 44.9. The maximum absolute atomic E-state index is 13.8. The number of hydrogen-bond donors (Lipinski definition) is 1. The molecule has 0 aromatic carbocycles. The first-order chi connectivity index (χ1) is 18.3. The van der Waals surface area contributed by atoms with Crippen molar-refractivity contribution >= 4 is 18.1 Å². The number of alkyl halides is 6. The normalized spacial score (nSPS) is 21.6. The van der Waals surface area contributed by atoms with E-state index in [2.05, 4.69) is 4.98 Å². The molecule has 0 bridgehead atoms. The number of carbonyl (C=O) groups is 3. The van der Waals surface area contributed by atoms with Gasteiger partial charge in [0, 0.05) is 37.9 Å². The molecule has 1 unspecified atom stereocenters. The van der Waals surface area contributed by atoms with Gasteiger partial charge in [0.05, 0.1) is 12.6 Å². The number of rotatable bonds is 2. The number of halogens is 6. The summed E-state index contributed by atoms with van der Waals surface area (Å²) in [5.74, 6) is -4.63. The smallest absolute Gasteiger partial charge is 0.410 e. The molecule has 1 atom stereocenters. The van der Waals surface area contributed by atoms with Gasteiger partial charge in [-0.05, 0) is 46.5 Å². The van der Waals surface area contributed by atoms with Crippen LogP contribution in [0, 0.1) is 5.92 Å². The lowest BCUT2D eigenvalue weighted by Gasteiger charge is -2.47. The van der Waals surface area contributed by atoms with Gasteiger partial charge < -0.3 is 24.2 Å². The first-order valence-corrected chi connectivity index (χ1v) is 12.8. The fraction of sp³-hybridized carbons (Fsp3) is 0.750. The van der Waals surface area contributed by atoms with Crippen LogP contribution in [0.4, 0.5) is 35.9 Å². The number of aromatic nitrogens is 2. The Bertz CT molecular complexity index is 1140. The number of fused-ring (bicyclic) bond motifs is 1. The molecular formula is C24H31F6N5O5. The number of ether oxygens (including phenoxy) is 1. The van der Waals surface area contributed by atoms with Crippen LogP contribution in [-0.2, 0) is 17.8 Å². The largest absolute Gasteiger partial charge is 0.465 e. The summed E-state index contributed by atoms with van der Waals surface area (Å²) in [6.45, 7) is 5.08. The zero-order valence-corrected chi connectivity index (χ0v) is 22.2. The third-order valence-corrected chi connectivity index (χ3v) is 7.69. The number of nitrogens with zero attached hydrogens (tertiary/aromatic N) is 5. The van der Waals surface area contributed by atoms with Gasteiger partial charge in [0.25, 0.3) is 5.91 Å². The number of likely N-dealkylation sites (tertiary alicyclic amines) is 2. The van der Waals surface area contributed by atoms with Crippen LogP contribution in [-0.4, -0.2) is 96.6 Å². The average Bonchev–Trinajstić information content (AvgIpc) is 3.37. The van der Waals surface area contributed by atoms with E-state index in [-0.39, 0.29) is 63.5 Å². The van der Waals surface area contributed by atoms with Gasteiger partial charge in [0.1, 0.15) is 17.1 Å². The van der Waals surface area contributed by atoms with Gasteiger partial charge in [0.2, 0.25) is 0 Å². The SMILES string of the molecule is CC(C)(C)OC(=O)N1CCn2cc(C(=O)N3C(C(C(F)(F)F)C(F)(F)F)CCC34CCN(C(=O)O)CC4)nc2C1. The zero-order chi connectivity index (χ0) is 29.8. The number of imidazole rings is 1. The Kier molecular flexibility index (Phi) is 7.45. The maximum atomic E-state index is 13.8. The van der Waals surface area contributed by atoms with E-state index in [9.17, 15) is 45.8 Å². The molecule has 4 rings (SSSR count). The average molecular weight is 584 g/mol. The minimum absolute atomic E-state index is 0.0714. The van der Waals surface area contributed by atoms with E-state index in [0.717, 1.165) is 4.90 Å². The van der Waals surface area contributed by atoms with E-state index in [1.807, 2.05) is 0 Å². The summed E-state index contributed by atoms with van der Waals surface area (Å²) >= 11 is 0. The standard InChI is InChI=1S/C24H31F6N5O5/c1-21(2,3)40-20(39)34-11-10-33-12-14(31-16(33)13-34)18(36)35-15(17(23(25,26)27)24(28,29)30)4-5-22(35)6-8-32(9-7-22)19(37)38/h12,15,17H,4-11,13H2,1-3H3,(H,37,38). The van der Waals surface area contributed by atoms with E-state index in [1.165, 1.54) is 15.7 Å². The lowest BCUT2D eigenvalue weighted by atomic mass is 9.85. The Labute approximate surface area is 225 Å². The highest BCUT2D eigenvalue weighted by Gasteiger charge is 2.66. The first-order valence-electron chi connectivity index (χ1n) is 12.8. The van der Waals surface area contributed by atoms with Gasteiger partial charge in [0.15, 0.2) is 5.92 Å². The molecule has 2 fully saturated rings. The van der Waals surface area contributed by atoms with Crippen molar-refractivity contribution in [2.75, 3.05) is 19.6 Å². The molecule has 1 aromatic heterocycles. The molecule has 16 heteroatoms. The van der Waals surface area contributed by atoms with Crippen LogP contribution in [0.2, 0.25) is 0 Å².